The van der Waals surface area contributed by atoms with Crippen LogP contribution in [0, 0.1) is 6.92 Å². The number of anilines is 1. The molecule has 5 rings (SSSR count). The Labute approximate surface area is 181 Å². The zero-order chi connectivity index (χ0) is 18.5. The lowest BCUT2D eigenvalue weighted by atomic mass is 10.0. The van der Waals surface area contributed by atoms with Crippen molar-refractivity contribution in [3.05, 3.63) is 48.0 Å². The molecule has 0 bridgehead atoms. The van der Waals surface area contributed by atoms with Gasteiger partial charge in [-0.15, -0.1) is 24.8 Å². The molecule has 152 valence electrons. The summed E-state index contributed by atoms with van der Waals surface area (Å²) >= 11 is 0. The maximum Gasteiger partial charge on any atom is 0.241 e. The van der Waals surface area contributed by atoms with Crippen LogP contribution in [0.3, 0.4) is 0 Å². The number of para-hydroxylation sites is 1. The second kappa shape index (κ2) is 8.19. The Morgan fingerprint density at radius 3 is 2.72 bits per heavy atom. The quantitative estimate of drug-likeness (QED) is 0.483. The number of fused-ring (bicyclic) bond motifs is 4. The molecule has 0 spiro atoms. The van der Waals surface area contributed by atoms with Crippen LogP contribution in [0.1, 0.15) is 18.4 Å². The Kier molecular flexibility index (Phi) is 6.03. The van der Waals surface area contributed by atoms with Gasteiger partial charge in [-0.25, -0.2) is 4.98 Å². The van der Waals surface area contributed by atoms with E-state index in [0.717, 1.165) is 52.5 Å². The molecule has 0 radical (unpaired) electrons. The largest absolute Gasteiger partial charge is 0.328 e. The lowest BCUT2D eigenvalue weighted by Crippen LogP contribution is -2.35. The van der Waals surface area contributed by atoms with Gasteiger partial charge in [-0.2, -0.15) is 0 Å². The number of nitrogens with zero attached hydrogens (tertiary/aromatic N) is 2. The van der Waals surface area contributed by atoms with Crippen molar-refractivity contribution < 1.29 is 4.79 Å². The Bertz CT molecular complexity index is 1210. The van der Waals surface area contributed by atoms with E-state index in [1.54, 1.807) is 0 Å². The maximum atomic E-state index is 12.5. The number of carbonyl (C=O) groups is 1. The minimum Gasteiger partial charge on any atom is -0.328 e. The Morgan fingerprint density at radius 2 is 1.97 bits per heavy atom. The number of aryl methyl sites for hydroxylation is 2. The number of benzene rings is 2. The highest BCUT2D eigenvalue weighted by Gasteiger charge is 2.22. The topological polar surface area (TPSA) is 59.0 Å². The fourth-order valence-corrected chi connectivity index (χ4v) is 4.28. The van der Waals surface area contributed by atoms with Gasteiger partial charge in [-0.05, 0) is 56.1 Å². The monoisotopic (exact) mass is 430 g/mol. The summed E-state index contributed by atoms with van der Waals surface area (Å²) in [6.07, 6.45) is 1.95. The molecule has 2 aromatic carbocycles. The molecule has 4 aromatic rings. The van der Waals surface area contributed by atoms with Crippen LogP contribution >= 0.6 is 24.8 Å². The van der Waals surface area contributed by atoms with E-state index in [2.05, 4.69) is 46.4 Å². The van der Waals surface area contributed by atoms with Gasteiger partial charge in [-0.1, -0.05) is 18.2 Å². The molecule has 0 aliphatic carbocycles. The van der Waals surface area contributed by atoms with Gasteiger partial charge in [0.05, 0.1) is 17.1 Å². The molecule has 1 amide bonds. The lowest BCUT2D eigenvalue weighted by Gasteiger charge is -2.11. The van der Waals surface area contributed by atoms with Crippen molar-refractivity contribution in [3.63, 3.8) is 0 Å². The van der Waals surface area contributed by atoms with Crippen LogP contribution < -0.4 is 10.6 Å². The van der Waals surface area contributed by atoms with Gasteiger partial charge in [0, 0.05) is 28.9 Å². The highest BCUT2D eigenvalue weighted by Crippen LogP contribution is 2.34. The molecule has 0 unspecified atom stereocenters. The first-order valence-electron chi connectivity index (χ1n) is 9.45. The van der Waals surface area contributed by atoms with Crippen LogP contribution in [0.2, 0.25) is 0 Å². The molecule has 5 nitrogen and oxygen atoms in total. The molecule has 3 heterocycles. The fraction of sp³-hybridized carbons (Fsp3) is 0.273. The average Bonchev–Trinajstić information content (AvgIpc) is 3.30. The number of carbonyl (C=O) groups excluding carboxylic acids is 1. The van der Waals surface area contributed by atoms with Gasteiger partial charge in [0.1, 0.15) is 5.65 Å². The van der Waals surface area contributed by atoms with E-state index in [9.17, 15) is 4.79 Å². The van der Waals surface area contributed by atoms with E-state index in [1.807, 2.05) is 25.2 Å². The molecule has 0 saturated carbocycles. The van der Waals surface area contributed by atoms with Crippen molar-refractivity contribution in [3.8, 4) is 0 Å². The molecular formula is C22H24Cl2N4O. The third-order valence-corrected chi connectivity index (χ3v) is 5.72. The Hall–Kier alpha value is -2.34. The number of amides is 1. The summed E-state index contributed by atoms with van der Waals surface area (Å²) in [6, 6.07) is 14.3. The SMILES string of the molecule is Cc1c2ccccc2nc2c1c1cc(NC(=O)[C@@H]3CCCN3)ccc1n2C.Cl.Cl. The highest BCUT2D eigenvalue weighted by atomic mass is 35.5. The number of nitrogens with one attached hydrogen (secondary N) is 2. The molecule has 1 aliphatic heterocycles. The smallest absolute Gasteiger partial charge is 0.241 e. The van der Waals surface area contributed by atoms with Crippen LogP contribution in [-0.2, 0) is 11.8 Å². The van der Waals surface area contributed by atoms with Gasteiger partial charge in [0.2, 0.25) is 5.91 Å². The van der Waals surface area contributed by atoms with Gasteiger partial charge in [0.15, 0.2) is 0 Å². The van der Waals surface area contributed by atoms with Crippen molar-refractivity contribution in [1.29, 1.82) is 0 Å². The lowest BCUT2D eigenvalue weighted by molar-refractivity contribution is -0.117. The van der Waals surface area contributed by atoms with Crippen LogP contribution in [0.4, 0.5) is 5.69 Å². The molecule has 2 N–H and O–H groups in total. The molecule has 7 heteroatoms. The second-order valence-corrected chi connectivity index (χ2v) is 7.38. The Balaban J connectivity index is 0.00000120. The average molecular weight is 431 g/mol. The predicted molar refractivity (Wildman–Crippen MR) is 125 cm³/mol. The first-order valence-corrected chi connectivity index (χ1v) is 9.45. The maximum absolute atomic E-state index is 12.5. The zero-order valence-electron chi connectivity index (χ0n) is 16.4. The summed E-state index contributed by atoms with van der Waals surface area (Å²) in [4.78, 5) is 17.4. The third-order valence-electron chi connectivity index (χ3n) is 5.72. The van der Waals surface area contributed by atoms with E-state index in [1.165, 1.54) is 10.9 Å². The van der Waals surface area contributed by atoms with Crippen molar-refractivity contribution in [1.82, 2.24) is 14.9 Å². The van der Waals surface area contributed by atoms with Crippen molar-refractivity contribution >= 4 is 69.2 Å². The van der Waals surface area contributed by atoms with Crippen molar-refractivity contribution in [2.24, 2.45) is 7.05 Å². The number of aromatic nitrogens is 2. The predicted octanol–water partition coefficient (Wildman–Crippen LogP) is 4.72. The Morgan fingerprint density at radius 1 is 1.17 bits per heavy atom. The molecule has 2 aromatic heterocycles. The van der Waals surface area contributed by atoms with E-state index < -0.39 is 0 Å². The van der Waals surface area contributed by atoms with Gasteiger partial charge >= 0.3 is 0 Å². The summed E-state index contributed by atoms with van der Waals surface area (Å²) in [5.41, 5.74) is 5.16. The van der Waals surface area contributed by atoms with Gasteiger partial charge in [-0.3, -0.25) is 4.79 Å². The molecule has 29 heavy (non-hydrogen) atoms. The summed E-state index contributed by atoms with van der Waals surface area (Å²) in [5.74, 6) is 0.0485. The number of hydrogen-bond donors (Lipinski definition) is 2. The summed E-state index contributed by atoms with van der Waals surface area (Å²) in [5, 5.41) is 9.77. The highest BCUT2D eigenvalue weighted by molar-refractivity contribution is 6.13. The first-order chi connectivity index (χ1) is 13.1. The van der Waals surface area contributed by atoms with E-state index in [-0.39, 0.29) is 36.8 Å². The minimum atomic E-state index is -0.0828. The van der Waals surface area contributed by atoms with Crippen LogP contribution in [0.5, 0.6) is 0 Å². The minimum absolute atomic E-state index is 0. The van der Waals surface area contributed by atoms with E-state index in [4.69, 9.17) is 4.98 Å². The van der Waals surface area contributed by atoms with Crippen LogP contribution in [-0.4, -0.2) is 28.0 Å². The summed E-state index contributed by atoms with van der Waals surface area (Å²) in [6.45, 7) is 3.07. The molecule has 1 atom stereocenters. The van der Waals surface area contributed by atoms with Crippen LogP contribution in [0.15, 0.2) is 42.5 Å². The van der Waals surface area contributed by atoms with Gasteiger partial charge < -0.3 is 15.2 Å². The first kappa shape index (κ1) is 21.4. The van der Waals surface area contributed by atoms with Crippen LogP contribution in [0.25, 0.3) is 32.8 Å². The normalized spacial score (nSPS) is 16.0. The molecule has 1 fully saturated rings. The molecule has 1 saturated heterocycles. The number of hydrogen-bond acceptors (Lipinski definition) is 3. The molecule has 1 aliphatic rings. The second-order valence-electron chi connectivity index (χ2n) is 7.38. The van der Waals surface area contributed by atoms with E-state index in [0.29, 0.717) is 0 Å². The third kappa shape index (κ3) is 3.44. The number of pyridine rings is 1. The fourth-order valence-electron chi connectivity index (χ4n) is 4.28. The van der Waals surface area contributed by atoms with Crippen molar-refractivity contribution in [2.45, 2.75) is 25.8 Å². The number of halogens is 2. The number of rotatable bonds is 2. The molecular weight excluding hydrogens is 407 g/mol. The van der Waals surface area contributed by atoms with Gasteiger partial charge in [0.25, 0.3) is 0 Å². The standard InChI is InChI=1S/C22H22N4O.2ClH/c1-13-15-6-3-4-7-17(15)25-21-20(13)16-12-14(9-10-19(16)26(21)2)24-22(27)18-8-5-11-23-18;;/h3-4,6-7,9-10,12,18,23H,5,8,11H2,1-2H3,(H,24,27);2*1H/t18-;;/m0../s1. The van der Waals surface area contributed by atoms with E-state index >= 15 is 0 Å². The van der Waals surface area contributed by atoms with Crippen molar-refractivity contribution in [2.75, 3.05) is 11.9 Å². The summed E-state index contributed by atoms with van der Waals surface area (Å²) < 4.78 is 2.13. The summed E-state index contributed by atoms with van der Waals surface area (Å²) in [7, 11) is 2.05. The zero-order valence-corrected chi connectivity index (χ0v) is 18.0.